The van der Waals surface area contributed by atoms with Gasteiger partial charge in [0.25, 0.3) is 5.91 Å². The third-order valence-corrected chi connectivity index (χ3v) is 7.83. The van der Waals surface area contributed by atoms with E-state index in [0.717, 1.165) is 98.7 Å². The highest BCUT2D eigenvalue weighted by Crippen LogP contribution is 2.30. The van der Waals surface area contributed by atoms with Crippen LogP contribution in [0.4, 0.5) is 11.6 Å². The second-order valence-electron chi connectivity index (χ2n) is 10.8. The second kappa shape index (κ2) is 10.3. The number of aliphatic hydroxyl groups excluding tert-OH is 1. The van der Waals surface area contributed by atoms with E-state index in [1.165, 1.54) is 0 Å². The molecule has 1 amide bonds. The van der Waals surface area contributed by atoms with E-state index in [0.29, 0.717) is 17.5 Å². The molecule has 196 valence electrons. The number of aliphatic hydroxyl groups is 1. The number of benzene rings is 1. The molecule has 0 spiro atoms. The maximum atomic E-state index is 12.6. The number of anilines is 2. The molecule has 0 radical (unpaired) electrons. The first-order valence-corrected chi connectivity index (χ1v) is 13.6. The van der Waals surface area contributed by atoms with Crippen molar-refractivity contribution in [1.82, 2.24) is 19.9 Å². The quantitative estimate of drug-likeness (QED) is 0.369. The van der Waals surface area contributed by atoms with Crippen LogP contribution >= 0.6 is 0 Å². The van der Waals surface area contributed by atoms with Gasteiger partial charge in [0.05, 0.1) is 24.9 Å². The van der Waals surface area contributed by atoms with E-state index in [1.54, 1.807) is 0 Å². The monoisotopic (exact) mass is 504 g/mol. The van der Waals surface area contributed by atoms with Gasteiger partial charge in [-0.25, -0.2) is 4.98 Å². The number of hydrogen-bond acceptors (Lipinski definition) is 7. The maximum Gasteiger partial charge on any atom is 0.251 e. The summed E-state index contributed by atoms with van der Waals surface area (Å²) >= 11 is 0. The van der Waals surface area contributed by atoms with Crippen LogP contribution in [0.5, 0.6) is 0 Å². The number of hydrogen-bond donors (Lipinski definition) is 4. The lowest BCUT2D eigenvalue weighted by Gasteiger charge is -2.29. The minimum absolute atomic E-state index is 0.00977. The Balaban J connectivity index is 1.33. The molecule has 37 heavy (non-hydrogen) atoms. The zero-order valence-corrected chi connectivity index (χ0v) is 21.4. The first-order valence-electron chi connectivity index (χ1n) is 13.6. The molecule has 0 unspecified atom stereocenters. The lowest BCUT2D eigenvalue weighted by atomic mass is 9.92. The van der Waals surface area contributed by atoms with Crippen molar-refractivity contribution < 1.29 is 14.6 Å². The maximum absolute atomic E-state index is 12.6. The second-order valence-corrected chi connectivity index (χ2v) is 10.8. The Bertz CT molecular complexity index is 1280. The summed E-state index contributed by atoms with van der Waals surface area (Å²) in [6.07, 6.45) is 8.53. The van der Waals surface area contributed by atoms with Crippen LogP contribution in [0.2, 0.25) is 0 Å². The molecule has 3 aromatic rings. The van der Waals surface area contributed by atoms with Gasteiger partial charge in [-0.1, -0.05) is 25.0 Å². The number of nitrogens with zero attached hydrogens (tertiary/aromatic N) is 3. The topological polar surface area (TPSA) is 113 Å². The van der Waals surface area contributed by atoms with Crippen LogP contribution in [0.1, 0.15) is 60.9 Å². The molecule has 3 heterocycles. The van der Waals surface area contributed by atoms with Crippen molar-refractivity contribution in [3.8, 4) is 11.1 Å². The average molecular weight is 505 g/mol. The van der Waals surface area contributed by atoms with Crippen LogP contribution in [0, 0.1) is 12.8 Å². The van der Waals surface area contributed by atoms with Crippen molar-refractivity contribution in [2.75, 3.05) is 30.4 Å². The SMILES string of the molecule is Cc1cc(-c2cnn3c(NC[C@H]4CCOC4)cc(N[C@H]4CCCC[C@H]4O)nc23)ccc1C(=O)NC1CC1. The highest BCUT2D eigenvalue weighted by molar-refractivity contribution is 5.97. The van der Waals surface area contributed by atoms with Gasteiger partial charge in [0.1, 0.15) is 11.6 Å². The fraction of sp³-hybridized carbons (Fsp3) is 0.536. The van der Waals surface area contributed by atoms with Crippen LogP contribution < -0.4 is 16.0 Å². The molecule has 2 saturated carbocycles. The molecule has 1 saturated heterocycles. The number of nitrogens with one attached hydrogen (secondary N) is 3. The molecule has 6 rings (SSSR count). The predicted molar refractivity (Wildman–Crippen MR) is 143 cm³/mol. The summed E-state index contributed by atoms with van der Waals surface area (Å²) in [5, 5.41) is 25.4. The largest absolute Gasteiger partial charge is 0.391 e. The van der Waals surface area contributed by atoms with Crippen molar-refractivity contribution >= 4 is 23.2 Å². The third kappa shape index (κ3) is 5.29. The van der Waals surface area contributed by atoms with E-state index in [1.807, 2.05) is 41.9 Å². The molecule has 3 fully saturated rings. The Morgan fingerprint density at radius 3 is 2.78 bits per heavy atom. The van der Waals surface area contributed by atoms with Gasteiger partial charge in [0, 0.05) is 42.3 Å². The number of fused-ring (bicyclic) bond motifs is 1. The molecule has 1 aliphatic heterocycles. The summed E-state index contributed by atoms with van der Waals surface area (Å²) < 4.78 is 7.39. The smallest absolute Gasteiger partial charge is 0.251 e. The van der Waals surface area contributed by atoms with Crippen LogP contribution in [0.15, 0.2) is 30.5 Å². The molecule has 2 aromatic heterocycles. The van der Waals surface area contributed by atoms with Crippen molar-refractivity contribution in [1.29, 1.82) is 0 Å². The van der Waals surface area contributed by atoms with Crippen molar-refractivity contribution in [2.45, 2.75) is 70.1 Å². The van der Waals surface area contributed by atoms with Crippen LogP contribution in [-0.4, -0.2) is 63.6 Å². The summed E-state index contributed by atoms with van der Waals surface area (Å²) in [6.45, 7) is 4.34. The van der Waals surface area contributed by atoms with Crippen molar-refractivity contribution in [3.05, 3.63) is 41.6 Å². The fourth-order valence-corrected chi connectivity index (χ4v) is 5.41. The Kier molecular flexibility index (Phi) is 6.73. The standard InChI is InChI=1S/C28H36N6O3/c1-17-12-19(6-9-21(17)28(36)31-20-7-8-20)22-15-30-34-26(29-14-18-10-11-37-16-18)13-25(33-27(22)34)32-23-4-2-3-5-24(23)35/h6,9,12-13,15,18,20,23-24,29,35H,2-5,7-8,10-11,14,16H2,1H3,(H,31,36)(H,32,33)/t18-,23+,24-/m1/s1. The van der Waals surface area contributed by atoms with Gasteiger partial charge in [-0.15, -0.1) is 0 Å². The molecular formula is C28H36N6O3. The zero-order valence-electron chi connectivity index (χ0n) is 21.4. The minimum Gasteiger partial charge on any atom is -0.391 e. The number of aryl methyl sites for hydroxylation is 1. The van der Waals surface area contributed by atoms with E-state index in [-0.39, 0.29) is 18.1 Å². The number of carbonyl (C=O) groups excluding carboxylic acids is 1. The molecule has 3 aliphatic rings. The van der Waals surface area contributed by atoms with Crippen molar-refractivity contribution in [3.63, 3.8) is 0 Å². The van der Waals surface area contributed by atoms with Crippen molar-refractivity contribution in [2.24, 2.45) is 5.92 Å². The lowest BCUT2D eigenvalue weighted by molar-refractivity contribution is 0.0950. The van der Waals surface area contributed by atoms with E-state index < -0.39 is 0 Å². The molecule has 9 nitrogen and oxygen atoms in total. The first-order chi connectivity index (χ1) is 18.0. The van der Waals surface area contributed by atoms with Gasteiger partial charge in [0.2, 0.25) is 0 Å². The van der Waals surface area contributed by atoms with Gasteiger partial charge < -0.3 is 25.8 Å². The molecule has 1 aromatic carbocycles. The normalized spacial score (nSPS) is 23.8. The van der Waals surface area contributed by atoms with Crippen LogP contribution in [0.3, 0.4) is 0 Å². The zero-order chi connectivity index (χ0) is 25.4. The molecule has 9 heteroatoms. The minimum atomic E-state index is -0.375. The van der Waals surface area contributed by atoms with E-state index in [4.69, 9.17) is 9.72 Å². The first kappa shape index (κ1) is 24.2. The number of ether oxygens (including phenoxy) is 1. The Labute approximate surface area is 217 Å². The van der Waals surface area contributed by atoms with E-state index in [2.05, 4.69) is 21.0 Å². The average Bonchev–Trinajstić information content (AvgIpc) is 3.36. The summed E-state index contributed by atoms with van der Waals surface area (Å²) in [5.41, 5.74) is 4.23. The number of amides is 1. The summed E-state index contributed by atoms with van der Waals surface area (Å²) in [5.74, 6) is 2.03. The van der Waals surface area contributed by atoms with E-state index in [9.17, 15) is 9.90 Å². The highest BCUT2D eigenvalue weighted by Gasteiger charge is 2.26. The van der Waals surface area contributed by atoms with Gasteiger partial charge >= 0.3 is 0 Å². The van der Waals surface area contributed by atoms with Gasteiger partial charge in [-0.05, 0) is 56.2 Å². The van der Waals surface area contributed by atoms with Crippen LogP contribution in [-0.2, 0) is 4.74 Å². The number of rotatable bonds is 8. The Hall–Kier alpha value is -3.17. The van der Waals surface area contributed by atoms with Crippen LogP contribution in [0.25, 0.3) is 16.8 Å². The lowest BCUT2D eigenvalue weighted by Crippen LogP contribution is -2.36. The summed E-state index contributed by atoms with van der Waals surface area (Å²) in [7, 11) is 0. The van der Waals surface area contributed by atoms with Gasteiger partial charge in [-0.2, -0.15) is 9.61 Å². The Morgan fingerprint density at radius 1 is 1.16 bits per heavy atom. The number of carbonyl (C=O) groups is 1. The third-order valence-electron chi connectivity index (χ3n) is 7.83. The Morgan fingerprint density at radius 2 is 2.03 bits per heavy atom. The summed E-state index contributed by atoms with van der Waals surface area (Å²) in [4.78, 5) is 17.6. The van der Waals surface area contributed by atoms with Gasteiger partial charge in [0.15, 0.2) is 5.65 Å². The number of aromatic nitrogens is 3. The molecular weight excluding hydrogens is 468 g/mol. The predicted octanol–water partition coefficient (Wildman–Crippen LogP) is 3.76. The highest BCUT2D eigenvalue weighted by atomic mass is 16.5. The van der Waals surface area contributed by atoms with Gasteiger partial charge in [-0.3, -0.25) is 4.79 Å². The molecule has 3 atom stereocenters. The molecule has 0 bridgehead atoms. The fourth-order valence-electron chi connectivity index (χ4n) is 5.41. The van der Waals surface area contributed by atoms with E-state index >= 15 is 0 Å². The molecule has 2 aliphatic carbocycles. The summed E-state index contributed by atoms with van der Waals surface area (Å²) in [6, 6.07) is 8.20. The molecule has 4 N–H and O–H groups in total.